The molecular weight excluding hydrogens is 396 g/mol. The number of para-hydroxylation sites is 1. The van der Waals surface area contributed by atoms with E-state index in [1.807, 2.05) is 22.9 Å². The predicted octanol–water partition coefficient (Wildman–Crippen LogP) is 3.49. The Hall–Kier alpha value is -2.48. The molecule has 2 aliphatic rings. The van der Waals surface area contributed by atoms with E-state index in [-0.39, 0.29) is 11.8 Å². The van der Waals surface area contributed by atoms with Gasteiger partial charge in [0, 0.05) is 49.8 Å². The van der Waals surface area contributed by atoms with Gasteiger partial charge in [0.2, 0.25) is 0 Å². The fourth-order valence-electron chi connectivity index (χ4n) is 5.07. The van der Waals surface area contributed by atoms with Gasteiger partial charge in [-0.25, -0.2) is 4.68 Å². The third-order valence-corrected chi connectivity index (χ3v) is 7.42. The number of benzene rings is 1. The minimum Gasteiger partial charge on any atom is -0.481 e. The Bertz CT molecular complexity index is 1020. The van der Waals surface area contributed by atoms with Crippen molar-refractivity contribution in [2.45, 2.75) is 19.4 Å². The van der Waals surface area contributed by atoms with Crippen molar-refractivity contribution in [3.05, 3.63) is 59.6 Å². The number of nitrogens with one attached hydrogen (secondary N) is 1. The zero-order valence-electron chi connectivity index (χ0n) is 16.8. The van der Waals surface area contributed by atoms with Gasteiger partial charge in [-0.05, 0) is 42.5 Å². The zero-order chi connectivity index (χ0) is 20.6. The number of nitrogens with zero attached hydrogens (tertiary/aromatic N) is 3. The minimum absolute atomic E-state index is 0.0803. The van der Waals surface area contributed by atoms with Gasteiger partial charge >= 0.3 is 5.97 Å². The molecule has 0 aliphatic carbocycles. The van der Waals surface area contributed by atoms with E-state index in [0.717, 1.165) is 50.5 Å². The van der Waals surface area contributed by atoms with Crippen LogP contribution in [0.1, 0.15) is 18.4 Å². The lowest BCUT2D eigenvalue weighted by atomic mass is 9.77. The highest BCUT2D eigenvalue weighted by molar-refractivity contribution is 7.13. The second-order valence-electron chi connectivity index (χ2n) is 8.51. The monoisotopic (exact) mass is 422 g/mol. The summed E-state index contributed by atoms with van der Waals surface area (Å²) in [6.45, 7) is 4.69. The van der Waals surface area contributed by atoms with Crippen LogP contribution in [0.5, 0.6) is 0 Å². The van der Waals surface area contributed by atoms with Gasteiger partial charge in [-0.2, -0.15) is 5.10 Å². The van der Waals surface area contributed by atoms with Crippen molar-refractivity contribution in [2.75, 3.05) is 26.2 Å². The van der Waals surface area contributed by atoms with Gasteiger partial charge in [-0.1, -0.05) is 24.3 Å². The van der Waals surface area contributed by atoms with Crippen LogP contribution in [-0.4, -0.2) is 51.9 Å². The second kappa shape index (κ2) is 7.98. The number of rotatable bonds is 7. The zero-order valence-corrected chi connectivity index (χ0v) is 17.6. The molecule has 0 radical (unpaired) electrons. The van der Waals surface area contributed by atoms with Crippen LogP contribution < -0.4 is 5.32 Å². The first kappa shape index (κ1) is 19.5. The molecule has 5 rings (SSSR count). The van der Waals surface area contributed by atoms with Crippen LogP contribution in [0.4, 0.5) is 0 Å². The van der Waals surface area contributed by atoms with E-state index >= 15 is 0 Å². The minimum atomic E-state index is -0.697. The van der Waals surface area contributed by atoms with Gasteiger partial charge < -0.3 is 10.4 Å². The summed E-state index contributed by atoms with van der Waals surface area (Å²) in [4.78, 5) is 14.9. The molecule has 2 N–H and O–H groups in total. The molecule has 2 atom stereocenters. The topological polar surface area (TPSA) is 70.4 Å². The highest BCUT2D eigenvalue weighted by atomic mass is 32.1. The molecule has 2 fully saturated rings. The van der Waals surface area contributed by atoms with Crippen molar-refractivity contribution >= 4 is 17.3 Å². The first-order valence-corrected chi connectivity index (χ1v) is 11.3. The molecule has 156 valence electrons. The van der Waals surface area contributed by atoms with Crippen LogP contribution in [0.3, 0.4) is 0 Å². The van der Waals surface area contributed by atoms with E-state index in [9.17, 15) is 9.90 Å². The van der Waals surface area contributed by atoms with Crippen LogP contribution in [0.25, 0.3) is 16.3 Å². The van der Waals surface area contributed by atoms with E-state index in [0.29, 0.717) is 5.92 Å². The number of thiophene rings is 1. The van der Waals surface area contributed by atoms with Crippen LogP contribution in [-0.2, 0) is 11.3 Å². The number of hydrogen-bond acceptors (Lipinski definition) is 5. The van der Waals surface area contributed by atoms with Crippen LogP contribution >= 0.6 is 11.3 Å². The Balaban J connectivity index is 1.41. The van der Waals surface area contributed by atoms with Crippen LogP contribution in [0, 0.1) is 11.3 Å². The summed E-state index contributed by atoms with van der Waals surface area (Å²) >= 11 is 1.71. The molecule has 0 spiro atoms. The molecule has 1 aromatic carbocycles. The van der Waals surface area contributed by atoms with Gasteiger partial charge in [-0.15, -0.1) is 11.3 Å². The Labute approximate surface area is 180 Å². The number of hydrogen-bond donors (Lipinski definition) is 2. The molecule has 0 bridgehead atoms. The first-order valence-electron chi connectivity index (χ1n) is 10.5. The number of likely N-dealkylation sites (tertiary alicyclic amines) is 1. The molecule has 30 heavy (non-hydrogen) atoms. The Kier molecular flexibility index (Phi) is 5.18. The number of aromatic nitrogens is 2. The van der Waals surface area contributed by atoms with Gasteiger partial charge in [0.25, 0.3) is 0 Å². The maximum Gasteiger partial charge on any atom is 0.303 e. The molecule has 7 heteroatoms. The van der Waals surface area contributed by atoms with Crippen molar-refractivity contribution < 1.29 is 9.90 Å². The van der Waals surface area contributed by atoms with E-state index in [4.69, 9.17) is 5.10 Å². The summed E-state index contributed by atoms with van der Waals surface area (Å²) in [5.74, 6) is -0.177. The molecule has 2 unspecified atom stereocenters. The van der Waals surface area contributed by atoms with Crippen LogP contribution in [0.15, 0.2) is 54.0 Å². The standard InChI is InChI=1S/C23H26N4O2S/c28-21(29)8-9-23-15-24-11-18(23)14-26(16-23)12-17-13-27(19-5-2-1-3-6-19)25-22(17)20-7-4-10-30-20/h1-7,10,13,18,24H,8-9,11-12,14-16H2,(H,28,29). The largest absolute Gasteiger partial charge is 0.481 e. The van der Waals surface area contributed by atoms with E-state index in [1.165, 1.54) is 10.4 Å². The lowest BCUT2D eigenvalue weighted by Crippen LogP contribution is -2.33. The predicted molar refractivity (Wildman–Crippen MR) is 118 cm³/mol. The van der Waals surface area contributed by atoms with Gasteiger partial charge in [0.05, 0.1) is 10.6 Å². The number of carbonyl (C=O) groups is 1. The quantitative estimate of drug-likeness (QED) is 0.610. The molecule has 0 saturated carbocycles. The Morgan fingerprint density at radius 3 is 2.90 bits per heavy atom. The van der Waals surface area contributed by atoms with Crippen molar-refractivity contribution in [1.82, 2.24) is 20.0 Å². The lowest BCUT2D eigenvalue weighted by molar-refractivity contribution is -0.137. The molecule has 2 aliphatic heterocycles. The summed E-state index contributed by atoms with van der Waals surface area (Å²) in [6, 6.07) is 14.4. The number of carboxylic acid groups (broad SMARTS) is 1. The van der Waals surface area contributed by atoms with Crippen molar-refractivity contribution in [2.24, 2.45) is 11.3 Å². The van der Waals surface area contributed by atoms with Crippen molar-refractivity contribution in [3.63, 3.8) is 0 Å². The molecule has 4 heterocycles. The highest BCUT2D eigenvalue weighted by Gasteiger charge is 2.49. The summed E-state index contributed by atoms with van der Waals surface area (Å²) < 4.78 is 1.98. The highest BCUT2D eigenvalue weighted by Crippen LogP contribution is 2.43. The molecule has 3 aromatic rings. The molecule has 2 saturated heterocycles. The van der Waals surface area contributed by atoms with Crippen LogP contribution in [0.2, 0.25) is 0 Å². The number of fused-ring (bicyclic) bond motifs is 1. The van der Waals surface area contributed by atoms with Gasteiger partial charge in [0.1, 0.15) is 5.69 Å². The average molecular weight is 423 g/mol. The maximum absolute atomic E-state index is 11.2. The van der Waals surface area contributed by atoms with Gasteiger partial charge in [-0.3, -0.25) is 9.69 Å². The maximum atomic E-state index is 11.2. The molecule has 6 nitrogen and oxygen atoms in total. The molecular formula is C23H26N4O2S. The lowest BCUT2D eigenvalue weighted by Gasteiger charge is -2.27. The summed E-state index contributed by atoms with van der Waals surface area (Å²) in [6.07, 6.45) is 3.15. The molecule has 0 amide bonds. The first-order chi connectivity index (χ1) is 14.6. The van der Waals surface area contributed by atoms with E-state index in [1.54, 1.807) is 11.3 Å². The fourth-order valence-corrected chi connectivity index (χ4v) is 5.81. The third-order valence-electron chi connectivity index (χ3n) is 6.55. The Morgan fingerprint density at radius 2 is 2.13 bits per heavy atom. The van der Waals surface area contributed by atoms with Crippen molar-refractivity contribution in [3.8, 4) is 16.3 Å². The van der Waals surface area contributed by atoms with Gasteiger partial charge in [0.15, 0.2) is 0 Å². The number of carboxylic acids is 1. The summed E-state index contributed by atoms with van der Waals surface area (Å²) in [5, 5.41) is 19.7. The number of aliphatic carboxylic acids is 1. The fraction of sp³-hybridized carbons (Fsp3) is 0.391. The normalized spacial score (nSPS) is 23.7. The van der Waals surface area contributed by atoms with Crippen molar-refractivity contribution in [1.29, 1.82) is 0 Å². The second-order valence-corrected chi connectivity index (χ2v) is 9.46. The van der Waals surface area contributed by atoms with E-state index < -0.39 is 5.97 Å². The Morgan fingerprint density at radius 1 is 1.27 bits per heavy atom. The van der Waals surface area contributed by atoms with E-state index in [2.05, 4.69) is 46.1 Å². The smallest absolute Gasteiger partial charge is 0.303 e. The third kappa shape index (κ3) is 3.69. The average Bonchev–Trinajstić information content (AvgIpc) is 3.51. The molecule has 2 aromatic heterocycles. The summed E-state index contributed by atoms with van der Waals surface area (Å²) in [5.41, 5.74) is 3.41. The SMILES string of the molecule is O=C(O)CCC12CNCC1CN(Cc1cn(-c3ccccc3)nc1-c1cccs1)C2. The summed E-state index contributed by atoms with van der Waals surface area (Å²) in [7, 11) is 0.